The number of nitrogens with zero attached hydrogens (tertiary/aromatic N) is 1. The molecule has 0 spiro atoms. The maximum Gasteiger partial charge on any atom is 0.503 e. The Morgan fingerprint density at radius 3 is 1.95 bits per heavy atom. The van der Waals surface area contributed by atoms with Crippen molar-refractivity contribution in [3.8, 4) is 0 Å². The van der Waals surface area contributed by atoms with Gasteiger partial charge in [-0.15, -0.1) is 0 Å². The number of hydrogen-bond acceptors (Lipinski definition) is 4. The molecule has 1 atom stereocenters. The van der Waals surface area contributed by atoms with Crippen LogP contribution in [0.5, 0.6) is 0 Å². The minimum Gasteiger partial charge on any atom is -0.374 e. The van der Waals surface area contributed by atoms with Crippen LogP contribution in [0.4, 0.5) is 0 Å². The molecule has 0 radical (unpaired) electrons. The summed E-state index contributed by atoms with van der Waals surface area (Å²) in [6.45, 7) is 13.0. The van der Waals surface area contributed by atoms with E-state index in [9.17, 15) is 0 Å². The van der Waals surface area contributed by atoms with Crippen LogP contribution in [0.25, 0.3) is 0 Å². The van der Waals surface area contributed by atoms with Gasteiger partial charge in [0.05, 0.1) is 0 Å². The highest BCUT2D eigenvalue weighted by atomic mass is 28.4. The maximum atomic E-state index is 5.89. The standard InChI is InChI=1S/C14H31NO3Si/c1-6-10-12-15-13-11-14(5)19(16-7-2,17-8-3)18-9-4/h12,14H,6-11,13H2,1-5H3. The summed E-state index contributed by atoms with van der Waals surface area (Å²) in [5.41, 5.74) is 0.283. The molecule has 0 aliphatic rings. The first-order valence-electron chi connectivity index (χ1n) is 7.56. The van der Waals surface area contributed by atoms with Crippen molar-refractivity contribution in [2.45, 2.75) is 59.4 Å². The molecule has 0 fully saturated rings. The molecule has 0 saturated carbocycles. The fourth-order valence-electron chi connectivity index (χ4n) is 1.91. The van der Waals surface area contributed by atoms with E-state index >= 15 is 0 Å². The van der Waals surface area contributed by atoms with Gasteiger partial charge in [-0.05, 0) is 39.8 Å². The van der Waals surface area contributed by atoms with Gasteiger partial charge >= 0.3 is 8.80 Å². The molecule has 4 nitrogen and oxygen atoms in total. The number of hydrogen-bond donors (Lipinski definition) is 0. The lowest BCUT2D eigenvalue weighted by atomic mass is 10.3. The second kappa shape index (κ2) is 11.6. The molecule has 0 aliphatic carbocycles. The molecular weight excluding hydrogens is 258 g/mol. The molecule has 0 aliphatic heterocycles. The Kier molecular flexibility index (Phi) is 11.4. The van der Waals surface area contributed by atoms with E-state index in [1.54, 1.807) is 0 Å². The third-order valence-corrected chi connectivity index (χ3v) is 6.45. The topological polar surface area (TPSA) is 40.0 Å². The number of aliphatic imine (C=N–C) groups is 1. The molecule has 0 amide bonds. The van der Waals surface area contributed by atoms with Crippen molar-refractivity contribution in [2.24, 2.45) is 4.99 Å². The van der Waals surface area contributed by atoms with E-state index in [2.05, 4.69) is 18.8 Å². The largest absolute Gasteiger partial charge is 0.503 e. The van der Waals surface area contributed by atoms with E-state index in [1.807, 2.05) is 27.0 Å². The van der Waals surface area contributed by atoms with E-state index in [0.29, 0.717) is 19.8 Å². The monoisotopic (exact) mass is 289 g/mol. The Hall–Kier alpha value is -0.233. The molecular formula is C14H31NO3Si. The molecule has 0 aromatic rings. The number of unbranched alkanes of at least 4 members (excludes halogenated alkanes) is 1. The number of rotatable bonds is 12. The highest BCUT2D eigenvalue weighted by Crippen LogP contribution is 2.28. The van der Waals surface area contributed by atoms with Crippen molar-refractivity contribution in [1.29, 1.82) is 0 Å². The third-order valence-electron chi connectivity index (χ3n) is 2.88. The molecule has 0 heterocycles. The van der Waals surface area contributed by atoms with E-state index in [0.717, 1.165) is 25.8 Å². The molecule has 0 aromatic carbocycles. The average Bonchev–Trinajstić information content (AvgIpc) is 2.39. The van der Waals surface area contributed by atoms with E-state index in [1.165, 1.54) is 0 Å². The van der Waals surface area contributed by atoms with Gasteiger partial charge in [0, 0.05) is 31.9 Å². The summed E-state index contributed by atoms with van der Waals surface area (Å²) < 4.78 is 17.7. The SMILES string of the molecule is CCCC=NCCC(C)[Si](OCC)(OCC)OCC. The lowest BCUT2D eigenvalue weighted by Gasteiger charge is -2.33. The van der Waals surface area contributed by atoms with Crippen molar-refractivity contribution < 1.29 is 13.3 Å². The van der Waals surface area contributed by atoms with Crippen LogP contribution in [0.2, 0.25) is 5.54 Å². The first-order valence-corrected chi connectivity index (χ1v) is 9.37. The van der Waals surface area contributed by atoms with E-state index in [-0.39, 0.29) is 5.54 Å². The summed E-state index contributed by atoms with van der Waals surface area (Å²) in [6.07, 6.45) is 5.17. The van der Waals surface area contributed by atoms with Crippen LogP contribution < -0.4 is 0 Å². The zero-order valence-corrected chi connectivity index (χ0v) is 14.3. The van der Waals surface area contributed by atoms with Gasteiger partial charge in [0.1, 0.15) is 0 Å². The Morgan fingerprint density at radius 1 is 1.00 bits per heavy atom. The van der Waals surface area contributed by atoms with Gasteiger partial charge in [-0.25, -0.2) is 0 Å². The van der Waals surface area contributed by atoms with Crippen LogP contribution in [-0.2, 0) is 13.3 Å². The summed E-state index contributed by atoms with van der Waals surface area (Å²) in [7, 11) is -2.54. The summed E-state index contributed by atoms with van der Waals surface area (Å²) >= 11 is 0. The van der Waals surface area contributed by atoms with Crippen LogP contribution in [0, 0.1) is 0 Å². The summed E-state index contributed by atoms with van der Waals surface area (Å²) in [5, 5.41) is 0. The molecule has 5 heteroatoms. The van der Waals surface area contributed by atoms with Gasteiger partial charge in [0.2, 0.25) is 0 Å². The Balaban J connectivity index is 4.46. The second-order valence-corrected chi connectivity index (χ2v) is 7.53. The lowest BCUT2D eigenvalue weighted by Crippen LogP contribution is -2.49. The van der Waals surface area contributed by atoms with Crippen LogP contribution in [0.1, 0.15) is 53.9 Å². The minimum atomic E-state index is -2.54. The van der Waals surface area contributed by atoms with Crippen LogP contribution in [0.3, 0.4) is 0 Å². The molecule has 19 heavy (non-hydrogen) atoms. The highest BCUT2D eigenvalue weighted by molar-refractivity contribution is 6.62. The zero-order chi connectivity index (χ0) is 14.6. The molecule has 1 unspecified atom stereocenters. The van der Waals surface area contributed by atoms with Crippen molar-refractivity contribution in [1.82, 2.24) is 0 Å². The smallest absolute Gasteiger partial charge is 0.374 e. The summed E-state index contributed by atoms with van der Waals surface area (Å²) in [4.78, 5) is 4.43. The first-order chi connectivity index (χ1) is 9.16. The van der Waals surface area contributed by atoms with Crippen LogP contribution in [0.15, 0.2) is 4.99 Å². The lowest BCUT2D eigenvalue weighted by molar-refractivity contribution is 0.0618. The summed E-state index contributed by atoms with van der Waals surface area (Å²) in [6, 6.07) is 0. The van der Waals surface area contributed by atoms with Gasteiger partial charge < -0.3 is 13.3 Å². The fourth-order valence-corrected chi connectivity index (χ4v) is 4.71. The van der Waals surface area contributed by atoms with Crippen molar-refractivity contribution in [3.63, 3.8) is 0 Å². The quantitative estimate of drug-likeness (QED) is 0.406. The van der Waals surface area contributed by atoms with Gasteiger partial charge in [-0.1, -0.05) is 20.3 Å². The second-order valence-electron chi connectivity index (χ2n) is 4.47. The van der Waals surface area contributed by atoms with Gasteiger partial charge in [-0.3, -0.25) is 4.99 Å². The molecule has 0 N–H and O–H groups in total. The predicted octanol–water partition coefficient (Wildman–Crippen LogP) is 3.69. The molecule has 114 valence electrons. The van der Waals surface area contributed by atoms with Crippen molar-refractivity contribution in [3.05, 3.63) is 0 Å². The van der Waals surface area contributed by atoms with Crippen LogP contribution in [-0.4, -0.2) is 41.4 Å². The van der Waals surface area contributed by atoms with Gasteiger partial charge in [0.15, 0.2) is 0 Å². The van der Waals surface area contributed by atoms with Gasteiger partial charge in [0.25, 0.3) is 0 Å². The average molecular weight is 289 g/mol. The normalized spacial score (nSPS) is 14.2. The van der Waals surface area contributed by atoms with Crippen molar-refractivity contribution >= 4 is 15.0 Å². The molecule has 0 aromatic heterocycles. The molecule has 0 saturated heterocycles. The van der Waals surface area contributed by atoms with E-state index < -0.39 is 8.80 Å². The molecule has 0 bridgehead atoms. The third kappa shape index (κ3) is 7.20. The highest BCUT2D eigenvalue weighted by Gasteiger charge is 2.46. The zero-order valence-electron chi connectivity index (χ0n) is 13.3. The summed E-state index contributed by atoms with van der Waals surface area (Å²) in [5.74, 6) is 0. The fraction of sp³-hybridized carbons (Fsp3) is 0.929. The predicted molar refractivity (Wildman–Crippen MR) is 82.9 cm³/mol. The van der Waals surface area contributed by atoms with Crippen LogP contribution >= 0.6 is 0 Å². The van der Waals surface area contributed by atoms with Crippen molar-refractivity contribution in [2.75, 3.05) is 26.4 Å². The molecule has 0 rings (SSSR count). The Bertz CT molecular complexity index is 220. The Labute approximate surface area is 119 Å². The van der Waals surface area contributed by atoms with Gasteiger partial charge in [-0.2, -0.15) is 0 Å². The first kappa shape index (κ1) is 18.8. The Morgan fingerprint density at radius 2 is 1.53 bits per heavy atom. The minimum absolute atomic E-state index is 0.283. The van der Waals surface area contributed by atoms with E-state index in [4.69, 9.17) is 13.3 Å². The maximum absolute atomic E-state index is 5.89.